The Morgan fingerprint density at radius 2 is 1.42 bits per heavy atom. The molecule has 0 aliphatic carbocycles. The number of ether oxygens (including phenoxy) is 4. The van der Waals surface area contributed by atoms with Crippen molar-refractivity contribution in [2.45, 2.75) is 99.3 Å². The van der Waals surface area contributed by atoms with Crippen molar-refractivity contribution in [3.63, 3.8) is 0 Å². The van der Waals surface area contributed by atoms with E-state index in [0.717, 1.165) is 30.9 Å². The minimum absolute atomic E-state index is 0. The fourth-order valence-corrected chi connectivity index (χ4v) is 5.34. The summed E-state index contributed by atoms with van der Waals surface area (Å²) in [6.07, 6.45) is 4.29. The maximum atomic E-state index is 11.3. The van der Waals surface area contributed by atoms with E-state index in [9.17, 15) is 19.3 Å². The normalized spacial score (nSPS) is 27.9. The van der Waals surface area contributed by atoms with E-state index in [0.29, 0.717) is 53.9 Å². The van der Waals surface area contributed by atoms with Gasteiger partial charge in [0.05, 0.1) is 25.4 Å². The van der Waals surface area contributed by atoms with E-state index in [1.807, 2.05) is 44.2 Å². The SMILES string of the molecule is C.C.C.CCC1COCC(=O)C1N=CB=O.CCC1COCC(O)C1N=CB=O.CCC1COCC(OCc2ccccc2)C1N=[N+]=[N-]. The van der Waals surface area contributed by atoms with Gasteiger partial charge in [-0.3, -0.25) is 0 Å². The van der Waals surface area contributed by atoms with E-state index in [4.69, 9.17) is 24.5 Å². The van der Waals surface area contributed by atoms with Crippen molar-refractivity contribution >= 4 is 32.3 Å². The van der Waals surface area contributed by atoms with E-state index in [1.165, 1.54) is 6.11 Å². The minimum Gasteiger partial charge on any atom is -0.378 e. The molecule has 8 atom stereocenters. The molecule has 3 saturated heterocycles. The summed E-state index contributed by atoms with van der Waals surface area (Å²) in [5.41, 5.74) is 9.81. The van der Waals surface area contributed by atoms with Crippen LogP contribution in [0.15, 0.2) is 45.4 Å². The van der Waals surface area contributed by atoms with Crippen LogP contribution in [0.2, 0.25) is 0 Å². The van der Waals surface area contributed by atoms with Gasteiger partial charge in [0.2, 0.25) is 0 Å². The van der Waals surface area contributed by atoms with Crippen LogP contribution in [0.3, 0.4) is 0 Å². The Labute approximate surface area is 288 Å². The molecule has 3 heterocycles. The Bertz CT molecular complexity index is 1130. The van der Waals surface area contributed by atoms with Crippen molar-refractivity contribution < 1.29 is 38.3 Å². The Morgan fingerprint density at radius 3 is 2.00 bits per heavy atom. The third kappa shape index (κ3) is 16.0. The molecule has 0 bridgehead atoms. The summed E-state index contributed by atoms with van der Waals surface area (Å²) < 4.78 is 41.8. The van der Waals surface area contributed by atoms with Crippen LogP contribution in [0.4, 0.5) is 0 Å². The first kappa shape index (κ1) is 47.2. The summed E-state index contributed by atoms with van der Waals surface area (Å²) >= 11 is 0. The molecule has 268 valence electrons. The number of aliphatic hydroxyl groups excluding tert-OH is 1. The molecule has 4 rings (SSSR count). The predicted octanol–water partition coefficient (Wildman–Crippen LogP) is 5.12. The van der Waals surface area contributed by atoms with Gasteiger partial charge >= 0.3 is 154 Å². The van der Waals surface area contributed by atoms with Crippen LogP contribution in [-0.2, 0) is 39.8 Å². The molecule has 1 aromatic carbocycles. The molecule has 0 aromatic heterocycles. The Balaban J connectivity index is 0. The quantitative estimate of drug-likeness (QED) is 0.110. The first-order valence-electron chi connectivity index (χ1n) is 15.5. The summed E-state index contributed by atoms with van der Waals surface area (Å²) in [5.74, 6) is 0.555. The van der Waals surface area contributed by atoms with Crippen LogP contribution in [-0.4, -0.2) is 107 Å². The van der Waals surface area contributed by atoms with Crippen molar-refractivity contribution in [1.29, 1.82) is 0 Å². The van der Waals surface area contributed by atoms with Crippen molar-refractivity contribution in [3.05, 3.63) is 46.3 Å². The third-order valence-electron chi connectivity index (χ3n) is 8.02. The molecule has 3 fully saturated rings. The number of carbonyl (C=O) groups is 1. The average molecular weight is 673 g/mol. The van der Waals surface area contributed by atoms with Crippen molar-refractivity contribution in [2.75, 3.05) is 39.6 Å². The largest absolute Gasteiger partial charge is 0.378 e. The van der Waals surface area contributed by atoms with Gasteiger partial charge in [-0.2, -0.15) is 0 Å². The number of Topliss-reactive ketones (excluding diaryl/α,β-unsaturated/α-hetero) is 1. The number of aliphatic hydroxyl groups is 1. The molecule has 0 saturated carbocycles. The molecule has 0 amide bonds. The molecule has 15 heteroatoms. The summed E-state index contributed by atoms with van der Waals surface area (Å²) in [5, 5.41) is 13.4. The monoisotopic (exact) mass is 673 g/mol. The smallest absolute Gasteiger partial charge is 0.0901 e. The van der Waals surface area contributed by atoms with Gasteiger partial charge in [-0.25, -0.2) is 0 Å². The maximum Gasteiger partial charge on any atom is 0.0901 e. The number of ketones is 1. The second-order valence-electron chi connectivity index (χ2n) is 11.0. The molecule has 8 unspecified atom stereocenters. The number of carbonyl (C=O) groups excluding carboxylic acids is 1. The third-order valence-corrected chi connectivity index (χ3v) is 8.02. The van der Waals surface area contributed by atoms with Crippen LogP contribution in [0, 0.1) is 17.8 Å². The van der Waals surface area contributed by atoms with Gasteiger partial charge in [0.25, 0.3) is 0 Å². The standard InChI is InChI=1S/C14H19N3O2.C8H14BNO3.C8H12BNO3.3CH4/c1-2-12-9-18-10-13(14(12)16-17-15)19-8-11-6-4-3-5-7-11;2*1-2-6-3-13-4-7(11)8(6)10-5-9-12;;;/h3-7,12-14H,2,8-10H2,1H3;5-8,11H,2-4H2,1H3;5-6,8H,2-4H2,1H3;3*1H4. The van der Waals surface area contributed by atoms with Crippen LogP contribution in [0.25, 0.3) is 10.4 Å². The van der Waals surface area contributed by atoms with Gasteiger partial charge in [0.1, 0.15) is 0 Å². The summed E-state index contributed by atoms with van der Waals surface area (Å²) in [4.78, 5) is 22.2. The average Bonchev–Trinajstić information content (AvgIpc) is 3.07. The fourth-order valence-electron chi connectivity index (χ4n) is 5.34. The van der Waals surface area contributed by atoms with E-state index in [1.54, 1.807) is 0 Å². The van der Waals surface area contributed by atoms with Gasteiger partial charge in [-0.1, -0.05) is 71.1 Å². The molecule has 0 radical (unpaired) electrons. The topological polar surface area (TPSA) is 182 Å². The Kier molecular flexibility index (Phi) is 27.5. The molecular weight excluding hydrogens is 616 g/mol. The van der Waals surface area contributed by atoms with E-state index < -0.39 is 6.10 Å². The Hall–Kier alpha value is -2.93. The molecule has 0 spiro atoms. The molecule has 3 aliphatic heterocycles. The minimum atomic E-state index is -0.574. The summed E-state index contributed by atoms with van der Waals surface area (Å²) in [6.45, 7) is 9.35. The van der Waals surface area contributed by atoms with Crippen LogP contribution >= 0.6 is 0 Å². The van der Waals surface area contributed by atoms with E-state index >= 15 is 0 Å². The van der Waals surface area contributed by atoms with E-state index in [-0.39, 0.29) is 76.7 Å². The van der Waals surface area contributed by atoms with Gasteiger partial charge in [-0.15, -0.1) is 0 Å². The molecule has 1 aromatic rings. The van der Waals surface area contributed by atoms with Crippen molar-refractivity contribution in [2.24, 2.45) is 32.9 Å². The summed E-state index contributed by atoms with van der Waals surface area (Å²) in [7, 11) is 1.23. The van der Waals surface area contributed by atoms with Crippen LogP contribution < -0.4 is 0 Å². The number of rotatable bonds is 11. The van der Waals surface area contributed by atoms with Crippen LogP contribution in [0.5, 0.6) is 0 Å². The zero-order chi connectivity index (χ0) is 32.9. The zero-order valence-corrected chi connectivity index (χ0v) is 26.4. The van der Waals surface area contributed by atoms with Crippen molar-refractivity contribution in [1.82, 2.24) is 0 Å². The number of nitrogens with zero attached hydrogens (tertiary/aromatic N) is 5. The second kappa shape index (κ2) is 28.0. The molecule has 13 nitrogen and oxygen atoms in total. The van der Waals surface area contributed by atoms with E-state index in [2.05, 4.69) is 26.9 Å². The predicted molar refractivity (Wildman–Crippen MR) is 190 cm³/mol. The van der Waals surface area contributed by atoms with Crippen LogP contribution in [0.1, 0.15) is 67.9 Å². The number of azide groups is 1. The molecule has 1 N–H and O–H groups in total. The first-order valence-corrected chi connectivity index (χ1v) is 15.5. The Morgan fingerprint density at radius 1 is 0.854 bits per heavy atom. The fraction of sp³-hybridized carbons (Fsp3) is 0.727. The number of hydrogen-bond donors (Lipinski definition) is 1. The number of benzene rings is 1. The van der Waals surface area contributed by atoms with Gasteiger partial charge in [0.15, 0.2) is 0 Å². The summed E-state index contributed by atoms with van der Waals surface area (Å²) in [6, 6.07) is 9.29. The van der Waals surface area contributed by atoms with Gasteiger partial charge < -0.3 is 9.47 Å². The number of hydrogen-bond acceptors (Lipinski definition) is 11. The zero-order valence-electron chi connectivity index (χ0n) is 26.4. The molecule has 48 heavy (non-hydrogen) atoms. The number of aliphatic imine (C=N–C) groups is 2. The maximum absolute atomic E-state index is 11.3. The molecular formula is C33H57B2N5O8. The van der Waals surface area contributed by atoms with Gasteiger partial charge in [0, 0.05) is 11.5 Å². The van der Waals surface area contributed by atoms with Gasteiger partial charge in [-0.05, 0) is 17.0 Å². The second-order valence-corrected chi connectivity index (χ2v) is 11.0. The van der Waals surface area contributed by atoms with Crippen molar-refractivity contribution in [3.8, 4) is 0 Å². The molecule has 3 aliphatic rings. The first-order chi connectivity index (χ1) is 21.9.